The van der Waals surface area contributed by atoms with E-state index >= 15 is 0 Å². The fourth-order valence-electron chi connectivity index (χ4n) is 3.62. The first-order chi connectivity index (χ1) is 10.3. The lowest BCUT2D eigenvalue weighted by molar-refractivity contribution is 0.461. The Labute approximate surface area is 129 Å². The number of rotatable bonds is 3. The van der Waals surface area contributed by atoms with E-state index in [9.17, 15) is 0 Å². The number of nitrogens with zero attached hydrogens (tertiary/aromatic N) is 2. The fraction of sp³-hybridized carbons (Fsp3) is 0.412. The number of benzene rings is 1. The highest BCUT2D eigenvalue weighted by Gasteiger charge is 2.16. The maximum atomic E-state index is 5.54. The zero-order valence-electron chi connectivity index (χ0n) is 12.0. The first kappa shape index (κ1) is 13.0. The van der Waals surface area contributed by atoms with Gasteiger partial charge in [-0.15, -0.1) is 0 Å². The van der Waals surface area contributed by atoms with Crippen molar-refractivity contribution in [2.45, 2.75) is 38.6 Å². The molecule has 108 valence electrons. The van der Waals surface area contributed by atoms with Gasteiger partial charge in [0.2, 0.25) is 0 Å². The van der Waals surface area contributed by atoms with E-state index in [2.05, 4.69) is 32.7 Å². The number of H-pyrrole nitrogens is 1. The molecule has 0 unspecified atom stereocenters. The minimum absolute atomic E-state index is 0.821. The molecule has 2 aromatic heterocycles. The molecule has 0 spiro atoms. The molecular formula is C17H19N3S. The summed E-state index contributed by atoms with van der Waals surface area (Å²) in [5.74, 6) is 0.880. The van der Waals surface area contributed by atoms with Gasteiger partial charge < -0.3 is 9.55 Å². The summed E-state index contributed by atoms with van der Waals surface area (Å²) in [6, 6.07) is 8.30. The number of hydrogen-bond donors (Lipinski definition) is 1. The summed E-state index contributed by atoms with van der Waals surface area (Å²) in [6.45, 7) is 1.01. The summed E-state index contributed by atoms with van der Waals surface area (Å²) in [5, 5.41) is 1.19. The van der Waals surface area contributed by atoms with E-state index in [1.54, 1.807) is 0 Å². The number of fused-ring (bicyclic) bond motifs is 3. The van der Waals surface area contributed by atoms with Crippen molar-refractivity contribution >= 4 is 34.2 Å². The van der Waals surface area contributed by atoms with Gasteiger partial charge in [-0.25, -0.2) is 0 Å². The first-order valence-corrected chi connectivity index (χ1v) is 8.20. The summed E-state index contributed by atoms with van der Waals surface area (Å²) in [7, 11) is 0. The van der Waals surface area contributed by atoms with Crippen LogP contribution >= 0.6 is 12.2 Å². The Morgan fingerprint density at radius 3 is 2.90 bits per heavy atom. The third-order valence-electron chi connectivity index (χ3n) is 4.74. The smallest absolute Gasteiger partial charge is 0.178 e. The van der Waals surface area contributed by atoms with Crippen molar-refractivity contribution in [1.29, 1.82) is 0 Å². The zero-order valence-corrected chi connectivity index (χ0v) is 12.8. The number of para-hydroxylation sites is 1. The van der Waals surface area contributed by atoms with E-state index in [0.717, 1.165) is 28.3 Å². The molecule has 0 atom stereocenters. The summed E-state index contributed by atoms with van der Waals surface area (Å²) in [4.78, 5) is 7.82. The molecule has 0 radical (unpaired) electrons. The number of aryl methyl sites for hydroxylation is 1. The van der Waals surface area contributed by atoms with Gasteiger partial charge in [-0.2, -0.15) is 0 Å². The quantitative estimate of drug-likeness (QED) is 0.703. The largest absolute Gasteiger partial charge is 0.329 e. The molecule has 1 aromatic carbocycles. The number of nitrogens with one attached hydrogen (secondary N) is 1. The topological polar surface area (TPSA) is 33.6 Å². The molecule has 1 N–H and O–H groups in total. The summed E-state index contributed by atoms with van der Waals surface area (Å²) >= 11 is 5.54. The van der Waals surface area contributed by atoms with Crippen LogP contribution in [-0.2, 0) is 6.54 Å². The number of aromatic nitrogens is 3. The second-order valence-corrected chi connectivity index (χ2v) is 6.45. The summed E-state index contributed by atoms with van der Waals surface area (Å²) < 4.78 is 3.09. The van der Waals surface area contributed by atoms with Crippen molar-refractivity contribution in [1.82, 2.24) is 14.5 Å². The average molecular weight is 297 g/mol. The monoisotopic (exact) mass is 297 g/mol. The predicted octanol–water partition coefficient (Wildman–Crippen LogP) is 4.83. The molecule has 2 heterocycles. The summed E-state index contributed by atoms with van der Waals surface area (Å²) in [6.07, 6.45) is 8.71. The number of pyridine rings is 1. The fourth-order valence-corrected chi connectivity index (χ4v) is 3.91. The molecular weight excluding hydrogens is 278 g/mol. The van der Waals surface area contributed by atoms with Crippen LogP contribution in [0.5, 0.6) is 0 Å². The molecule has 4 heteroatoms. The van der Waals surface area contributed by atoms with E-state index in [1.165, 1.54) is 43.0 Å². The minimum atomic E-state index is 0.821. The van der Waals surface area contributed by atoms with Gasteiger partial charge in [-0.1, -0.05) is 43.9 Å². The molecule has 0 amide bonds. The third kappa shape index (κ3) is 2.27. The van der Waals surface area contributed by atoms with E-state index in [1.807, 2.05) is 12.3 Å². The SMILES string of the molecule is S=c1[nH]c2cnc3ccccc3c2n1CCC1CCCC1. The van der Waals surface area contributed by atoms with E-state index < -0.39 is 0 Å². The zero-order chi connectivity index (χ0) is 14.2. The Kier molecular flexibility index (Phi) is 3.26. The maximum absolute atomic E-state index is 5.54. The first-order valence-electron chi connectivity index (χ1n) is 7.79. The number of imidazole rings is 1. The van der Waals surface area contributed by atoms with Crippen LogP contribution in [0.25, 0.3) is 21.9 Å². The Balaban J connectivity index is 1.81. The molecule has 1 aliphatic carbocycles. The molecule has 3 aromatic rings. The van der Waals surface area contributed by atoms with Crippen LogP contribution in [0.3, 0.4) is 0 Å². The van der Waals surface area contributed by atoms with Gasteiger partial charge in [0.05, 0.1) is 22.7 Å². The van der Waals surface area contributed by atoms with Crippen molar-refractivity contribution < 1.29 is 0 Å². The van der Waals surface area contributed by atoms with Crippen LogP contribution in [0.4, 0.5) is 0 Å². The Hall–Kier alpha value is -1.68. The van der Waals surface area contributed by atoms with Crippen LogP contribution in [0.2, 0.25) is 0 Å². The molecule has 3 nitrogen and oxygen atoms in total. The highest BCUT2D eigenvalue weighted by atomic mass is 32.1. The van der Waals surface area contributed by atoms with Crippen molar-refractivity contribution in [3.63, 3.8) is 0 Å². The van der Waals surface area contributed by atoms with Crippen molar-refractivity contribution in [3.8, 4) is 0 Å². The average Bonchev–Trinajstić information content (AvgIpc) is 3.12. The molecule has 4 rings (SSSR count). The Bertz CT molecular complexity index is 840. The lowest BCUT2D eigenvalue weighted by Crippen LogP contribution is -2.04. The lowest BCUT2D eigenvalue weighted by atomic mass is 10.0. The molecule has 0 saturated heterocycles. The van der Waals surface area contributed by atoms with Crippen LogP contribution in [0.15, 0.2) is 30.5 Å². The van der Waals surface area contributed by atoms with Gasteiger partial charge in [0.25, 0.3) is 0 Å². The second-order valence-electron chi connectivity index (χ2n) is 6.06. The van der Waals surface area contributed by atoms with Crippen molar-refractivity contribution in [3.05, 3.63) is 35.2 Å². The van der Waals surface area contributed by atoms with Gasteiger partial charge in [0.1, 0.15) is 0 Å². The highest BCUT2D eigenvalue weighted by molar-refractivity contribution is 7.71. The van der Waals surface area contributed by atoms with E-state index in [0.29, 0.717) is 0 Å². The Morgan fingerprint density at radius 2 is 2.05 bits per heavy atom. The lowest BCUT2D eigenvalue weighted by Gasteiger charge is -2.11. The molecule has 21 heavy (non-hydrogen) atoms. The normalized spacial score (nSPS) is 16.2. The van der Waals surface area contributed by atoms with E-state index in [4.69, 9.17) is 12.2 Å². The molecule has 1 aliphatic rings. The summed E-state index contributed by atoms with van der Waals surface area (Å²) in [5.41, 5.74) is 3.29. The minimum Gasteiger partial charge on any atom is -0.329 e. The molecule has 0 aliphatic heterocycles. The maximum Gasteiger partial charge on any atom is 0.178 e. The third-order valence-corrected chi connectivity index (χ3v) is 5.06. The van der Waals surface area contributed by atoms with Crippen molar-refractivity contribution in [2.24, 2.45) is 5.92 Å². The predicted molar refractivity (Wildman–Crippen MR) is 89.0 cm³/mol. The van der Waals surface area contributed by atoms with Crippen LogP contribution in [0.1, 0.15) is 32.1 Å². The van der Waals surface area contributed by atoms with Crippen LogP contribution < -0.4 is 0 Å². The van der Waals surface area contributed by atoms with Gasteiger partial charge in [0.15, 0.2) is 4.77 Å². The molecule has 1 saturated carbocycles. The standard InChI is InChI=1S/C17H19N3S/c21-17-19-15-11-18-14-8-4-3-7-13(14)16(15)20(17)10-9-12-5-1-2-6-12/h3-4,7-8,11-12H,1-2,5-6,9-10H2,(H,19,21). The van der Waals surface area contributed by atoms with Crippen molar-refractivity contribution in [2.75, 3.05) is 0 Å². The number of hydrogen-bond acceptors (Lipinski definition) is 2. The Morgan fingerprint density at radius 1 is 1.24 bits per heavy atom. The molecule has 1 fully saturated rings. The molecule has 0 bridgehead atoms. The van der Waals surface area contributed by atoms with E-state index in [-0.39, 0.29) is 0 Å². The van der Waals surface area contributed by atoms with Gasteiger partial charge in [-0.3, -0.25) is 4.98 Å². The van der Waals surface area contributed by atoms with Gasteiger partial charge in [0, 0.05) is 11.9 Å². The van der Waals surface area contributed by atoms with Gasteiger partial charge in [-0.05, 0) is 30.6 Å². The van der Waals surface area contributed by atoms with Crippen LogP contribution in [-0.4, -0.2) is 14.5 Å². The number of aromatic amines is 1. The second kappa shape index (κ2) is 5.26. The van der Waals surface area contributed by atoms with Gasteiger partial charge >= 0.3 is 0 Å². The highest BCUT2D eigenvalue weighted by Crippen LogP contribution is 2.29. The van der Waals surface area contributed by atoms with Crippen LogP contribution in [0, 0.1) is 10.7 Å².